The van der Waals surface area contributed by atoms with Crippen LogP contribution in [0.5, 0.6) is 0 Å². The highest BCUT2D eigenvalue weighted by Crippen LogP contribution is 2.49. The molecule has 0 bridgehead atoms. The minimum Gasteiger partial charge on any atom is -0.691 e. The summed E-state index contributed by atoms with van der Waals surface area (Å²) in [4.78, 5) is 57.6. The van der Waals surface area contributed by atoms with E-state index in [2.05, 4.69) is 42.8 Å². The lowest BCUT2D eigenvalue weighted by Crippen LogP contribution is -2.28. The molecule has 2 aliphatic heterocycles. The summed E-state index contributed by atoms with van der Waals surface area (Å²) in [5.41, 5.74) is 13.8. The standard InChI is InChI=1S/C28H27N3O14S2.C20H14N2O9S2.C3H6O/c29-19-5-3-16-22(17-4-6-20(30)26(47-45-43-38)24(17)41-23(16)25(19)46-44-42-37)18-13-14(1-2-15(18)28(35)36)27(34)31-8-10-40-12-11-39-9-7-21(32)33;21-13-7-5-11-15(9-3-1-2-4-10(9)20(23)24)12-6-8-14(22)19(33-31-29-26)17(12)27-16(11)18(13)32-30-28-25;1-3(2)4/h1-6,13,29,37-38H,7-12,30H2,(H,31,34)(H,32,33)(H,35,36);1-8,21,25-26H,22H2,(H,23,24);1-2H3/p-4. The second kappa shape index (κ2) is 31.8. The highest BCUT2D eigenvalue weighted by molar-refractivity contribution is 7.95. The fourth-order valence-corrected chi connectivity index (χ4v) is 9.79. The van der Waals surface area contributed by atoms with Gasteiger partial charge in [0.15, 0.2) is 22.7 Å². The third-order valence-corrected chi connectivity index (χ3v) is 14.0. The number of hydrogen-bond acceptors (Lipinski definition) is 31. The molecule has 4 aromatic rings. The Morgan fingerprint density at radius 2 is 1.05 bits per heavy atom. The van der Waals surface area contributed by atoms with Gasteiger partial charge in [-0.25, -0.2) is 10.5 Å². The number of nitrogen functional groups attached to an aromatic ring is 2. The molecule has 29 nitrogen and oxygen atoms in total. The van der Waals surface area contributed by atoms with Gasteiger partial charge in [0.1, 0.15) is 25.4 Å². The first kappa shape index (κ1) is 65.4. The fourth-order valence-electron chi connectivity index (χ4n) is 7.85. The number of fused-ring (bicyclic) bond motifs is 4. The van der Waals surface area contributed by atoms with Crippen molar-refractivity contribution in [1.29, 1.82) is 10.8 Å². The van der Waals surface area contributed by atoms with E-state index in [4.69, 9.17) is 56.2 Å². The fraction of sp³-hybridized carbons (Fsp3) is 0.157. The summed E-state index contributed by atoms with van der Waals surface area (Å²) < 4.78 is 40.7. The zero-order chi connectivity index (χ0) is 61.0. The van der Waals surface area contributed by atoms with Crippen LogP contribution in [0.3, 0.4) is 0 Å². The first-order valence-electron chi connectivity index (χ1n) is 23.5. The first-order valence-corrected chi connectivity index (χ1v) is 26.4. The number of carboxylic acids is 3. The van der Waals surface area contributed by atoms with Crippen molar-refractivity contribution in [3.05, 3.63) is 118 Å². The average Bonchev–Trinajstić information content (AvgIpc) is 0.950. The van der Waals surface area contributed by atoms with Crippen LogP contribution in [0.4, 0.5) is 11.4 Å². The Morgan fingerprint density at radius 3 is 1.52 bits per heavy atom. The number of rotatable bonds is 26. The number of carbonyl (C=O) groups excluding carboxylic acids is 4. The van der Waals surface area contributed by atoms with E-state index in [0.29, 0.717) is 70.2 Å². The van der Waals surface area contributed by atoms with E-state index in [1.165, 1.54) is 74.5 Å². The highest BCUT2D eigenvalue weighted by Gasteiger charge is 2.29. The van der Waals surface area contributed by atoms with Crippen LogP contribution in [0.2, 0.25) is 0 Å². The van der Waals surface area contributed by atoms with Gasteiger partial charge in [-0.3, -0.25) is 30.5 Å². The normalized spacial score (nSPS) is 11.1. The molecule has 84 heavy (non-hydrogen) atoms. The van der Waals surface area contributed by atoms with Gasteiger partial charge in [0, 0.05) is 56.3 Å². The Balaban J connectivity index is 0.000000266. The monoisotopic (exact) mass is 1240 g/mol. The molecule has 0 spiro atoms. The molecule has 10 N–H and O–H groups in total. The van der Waals surface area contributed by atoms with Crippen molar-refractivity contribution in [2.24, 2.45) is 0 Å². The molecule has 0 radical (unpaired) electrons. The third-order valence-electron chi connectivity index (χ3n) is 11.1. The number of hydrogen-bond donors (Lipinski definition) is 8. The largest absolute Gasteiger partial charge is 0.691 e. The molecule has 33 heteroatoms. The molecule has 0 atom stereocenters. The van der Waals surface area contributed by atoms with E-state index >= 15 is 0 Å². The van der Waals surface area contributed by atoms with E-state index in [1.54, 1.807) is 30.3 Å². The number of anilines is 2. The summed E-state index contributed by atoms with van der Waals surface area (Å²) >= 11 is 1.83. The minimum atomic E-state index is -1.56. The topological polar surface area (TPSA) is 469 Å². The van der Waals surface area contributed by atoms with Crippen molar-refractivity contribution in [3.63, 3.8) is 0 Å². The van der Waals surface area contributed by atoms with Gasteiger partial charge < -0.3 is 75.3 Å². The molecular weight excluding hydrogens is 1190 g/mol. The summed E-state index contributed by atoms with van der Waals surface area (Å²) in [5.74, 6) is -4.28. The SMILES string of the molecule is CC(C)=O.N=c1ccc2c(-c3cc(C(=O)NCCOCCOCCC(=O)O)ccc3C(=O)[O-])c3ccc(N)c(SOO[O-])c3oc-2c1SOOO.N=c1ccc2c(-c3ccccc3C(=O)[O-])c3ccc(N)c(SOO[O-])c3oc-2c1SOOO. The van der Waals surface area contributed by atoms with Gasteiger partial charge in [0.2, 0.25) is 0 Å². The quantitative estimate of drug-likeness (QED) is 0.00929. The lowest BCUT2D eigenvalue weighted by molar-refractivity contribution is -0.777. The predicted molar refractivity (Wildman–Crippen MR) is 286 cm³/mol. The summed E-state index contributed by atoms with van der Waals surface area (Å²) in [6.07, 6.45) is -0.129. The molecule has 2 heterocycles. The van der Waals surface area contributed by atoms with Crippen LogP contribution in [-0.4, -0.2) is 78.2 Å². The Bertz CT molecular complexity index is 3730. The van der Waals surface area contributed by atoms with E-state index < -0.39 is 23.8 Å². The number of aliphatic carboxylic acids is 1. The van der Waals surface area contributed by atoms with E-state index in [0.717, 1.165) is 0 Å². The number of carboxylic acid groups (broad SMARTS) is 3. The van der Waals surface area contributed by atoms with Gasteiger partial charge in [0.05, 0.1) is 115 Å². The van der Waals surface area contributed by atoms with Gasteiger partial charge in [-0.15, -0.1) is 8.67 Å². The molecular formula is C51H43N5O24S4-4. The maximum atomic E-state index is 13.1. The lowest BCUT2D eigenvalue weighted by Gasteiger charge is -2.21. The molecule has 0 fully saturated rings. The summed E-state index contributed by atoms with van der Waals surface area (Å²) in [5, 5.41) is 105. The van der Waals surface area contributed by atoms with Crippen molar-refractivity contribution in [1.82, 2.24) is 5.32 Å². The molecule has 0 unspecified atom stereocenters. The van der Waals surface area contributed by atoms with Crippen LogP contribution in [0.25, 0.3) is 66.8 Å². The molecule has 0 saturated carbocycles. The third kappa shape index (κ3) is 16.3. The second-order valence-electron chi connectivity index (χ2n) is 16.6. The van der Waals surface area contributed by atoms with Crippen LogP contribution in [0, 0.1) is 10.8 Å². The number of nitrogens with two attached hydrogens (primary N) is 2. The van der Waals surface area contributed by atoms with Gasteiger partial charge in [0.25, 0.3) is 5.91 Å². The Labute approximate surface area is 488 Å². The maximum Gasteiger partial charge on any atom is 0.305 e. The van der Waals surface area contributed by atoms with Crippen LogP contribution in [0.1, 0.15) is 51.3 Å². The van der Waals surface area contributed by atoms with E-state index in [-0.39, 0.29) is 148 Å². The highest BCUT2D eigenvalue weighted by atomic mass is 32.2. The minimum absolute atomic E-state index is 0.00440. The maximum absolute atomic E-state index is 13.1. The van der Waals surface area contributed by atoms with Crippen LogP contribution in [0.15, 0.2) is 119 Å². The van der Waals surface area contributed by atoms with Crippen molar-refractivity contribution in [2.75, 3.05) is 44.4 Å². The summed E-state index contributed by atoms with van der Waals surface area (Å²) in [7, 11) is 0. The number of aromatic carboxylic acids is 2. The molecule has 2 aliphatic carbocycles. The smallest absolute Gasteiger partial charge is 0.305 e. The van der Waals surface area contributed by atoms with Crippen molar-refractivity contribution in [3.8, 4) is 44.9 Å². The molecule has 8 rings (SSSR count). The number of ketones is 1. The zero-order valence-corrected chi connectivity index (χ0v) is 46.4. The number of carbonyl (C=O) groups is 5. The molecule has 0 saturated heterocycles. The summed E-state index contributed by atoms with van der Waals surface area (Å²) in [6.45, 7) is 3.64. The Morgan fingerprint density at radius 1 is 0.583 bits per heavy atom. The zero-order valence-electron chi connectivity index (χ0n) is 43.1. The lowest BCUT2D eigenvalue weighted by atomic mass is 9.89. The Hall–Kier alpha value is -7.75. The van der Waals surface area contributed by atoms with Crippen LogP contribution >= 0.6 is 48.2 Å². The number of ether oxygens (including phenoxy) is 2. The van der Waals surface area contributed by atoms with Crippen molar-refractivity contribution >= 4 is 111 Å². The van der Waals surface area contributed by atoms with Crippen molar-refractivity contribution in [2.45, 2.75) is 39.9 Å². The second-order valence-corrected chi connectivity index (χ2v) is 19.5. The number of nitrogens with one attached hydrogen (secondary N) is 3. The van der Waals surface area contributed by atoms with E-state index in [9.17, 15) is 44.7 Å². The van der Waals surface area contributed by atoms with Crippen LogP contribution in [-0.2, 0) is 56.6 Å². The van der Waals surface area contributed by atoms with E-state index in [1.807, 2.05) is 0 Å². The first-order chi connectivity index (χ1) is 40.4. The Kier molecular flexibility index (Phi) is 24.7. The average molecular weight is 1240 g/mol. The number of benzene rings is 6. The number of amides is 1. The van der Waals surface area contributed by atoms with Crippen molar-refractivity contribution < 1.29 is 116 Å². The summed E-state index contributed by atoms with van der Waals surface area (Å²) in [6, 6.07) is 22.0. The molecule has 4 aliphatic rings. The molecule has 1 amide bonds. The van der Waals surface area contributed by atoms with Gasteiger partial charge in [-0.1, -0.05) is 40.4 Å². The predicted octanol–water partition coefficient (Wildman–Crippen LogP) is 4.41. The number of Topliss-reactive ketones (excluding diaryl/α,β-unsaturated/α-hetero) is 1. The van der Waals surface area contributed by atoms with Gasteiger partial charge in [-0.2, -0.15) is 8.67 Å². The molecule has 4 aromatic carbocycles. The van der Waals surface area contributed by atoms with Gasteiger partial charge >= 0.3 is 5.97 Å². The van der Waals surface area contributed by atoms with Crippen LogP contribution < -0.4 is 48.2 Å². The molecule has 444 valence electrons. The van der Waals surface area contributed by atoms with Gasteiger partial charge in [-0.05, 0) is 85.6 Å². The molecule has 0 aromatic heterocycles.